The lowest BCUT2D eigenvalue weighted by molar-refractivity contribution is -0.115. The molecule has 0 bridgehead atoms. The molecule has 1 fully saturated rings. The first-order valence-electron chi connectivity index (χ1n) is 13.2. The van der Waals surface area contributed by atoms with Crippen LogP contribution in [0.4, 0.5) is 5.69 Å². The highest BCUT2D eigenvalue weighted by atomic mass is 32.2. The van der Waals surface area contributed by atoms with Crippen molar-refractivity contribution < 1.29 is 18.0 Å². The lowest BCUT2D eigenvalue weighted by Gasteiger charge is -2.23. The Morgan fingerprint density at radius 1 is 0.700 bits per heavy atom. The lowest BCUT2D eigenvalue weighted by Crippen LogP contribution is -2.30. The first kappa shape index (κ1) is 27.3. The van der Waals surface area contributed by atoms with Gasteiger partial charge in [-0.15, -0.1) is 0 Å². The molecule has 8 heteroatoms. The molecule has 1 aliphatic carbocycles. The van der Waals surface area contributed by atoms with Crippen molar-refractivity contribution >= 4 is 27.5 Å². The molecular formula is C32H31N3O4S. The summed E-state index contributed by atoms with van der Waals surface area (Å²) in [5.74, 6) is -0.336. The average molecular weight is 554 g/mol. The number of nitrogens with one attached hydrogen (secondary N) is 2. The van der Waals surface area contributed by atoms with Crippen molar-refractivity contribution in [1.82, 2.24) is 9.62 Å². The molecule has 2 N–H and O–H groups in total. The van der Waals surface area contributed by atoms with Crippen molar-refractivity contribution in [2.75, 3.05) is 5.32 Å². The van der Waals surface area contributed by atoms with Gasteiger partial charge in [0, 0.05) is 30.4 Å². The fraction of sp³-hybridized carbons (Fsp3) is 0.188. The van der Waals surface area contributed by atoms with E-state index in [9.17, 15) is 18.0 Å². The highest BCUT2D eigenvalue weighted by Crippen LogP contribution is 2.22. The molecule has 0 aliphatic heterocycles. The van der Waals surface area contributed by atoms with Crippen LogP contribution in [0.1, 0.15) is 39.9 Å². The van der Waals surface area contributed by atoms with Crippen molar-refractivity contribution in [3.05, 3.63) is 131 Å². The molecule has 5 rings (SSSR count). The Bertz CT molecular complexity index is 1510. The maximum Gasteiger partial charge on any atom is 0.254 e. The van der Waals surface area contributed by atoms with E-state index in [0.717, 1.165) is 24.0 Å². The molecule has 4 aromatic rings. The summed E-state index contributed by atoms with van der Waals surface area (Å²) < 4.78 is 27.3. The van der Waals surface area contributed by atoms with Crippen LogP contribution in [0, 0.1) is 0 Å². The van der Waals surface area contributed by atoms with Gasteiger partial charge in [-0.3, -0.25) is 9.59 Å². The Labute approximate surface area is 234 Å². The maximum atomic E-state index is 13.5. The highest BCUT2D eigenvalue weighted by molar-refractivity contribution is 7.89. The van der Waals surface area contributed by atoms with Gasteiger partial charge in [0.05, 0.1) is 11.3 Å². The van der Waals surface area contributed by atoms with E-state index in [1.54, 1.807) is 36.4 Å². The van der Waals surface area contributed by atoms with E-state index in [1.165, 1.54) is 12.1 Å². The zero-order chi connectivity index (χ0) is 28.0. The number of sulfonamides is 1. The third-order valence-corrected chi connectivity index (χ3v) is 8.17. The summed E-state index contributed by atoms with van der Waals surface area (Å²) >= 11 is 0. The van der Waals surface area contributed by atoms with Crippen molar-refractivity contribution in [2.45, 2.75) is 43.3 Å². The van der Waals surface area contributed by atoms with Crippen LogP contribution < -0.4 is 10.0 Å². The molecule has 4 aromatic carbocycles. The number of carbonyl (C=O) groups is 2. The zero-order valence-corrected chi connectivity index (χ0v) is 22.8. The molecule has 0 spiro atoms. The molecule has 40 heavy (non-hydrogen) atoms. The highest BCUT2D eigenvalue weighted by Gasteiger charge is 2.27. The maximum absolute atomic E-state index is 13.5. The third kappa shape index (κ3) is 7.43. The largest absolute Gasteiger partial charge is 0.330 e. The molecule has 0 saturated heterocycles. The summed E-state index contributed by atoms with van der Waals surface area (Å²) in [5.41, 5.74) is 3.89. The number of hydrogen-bond acceptors (Lipinski definition) is 4. The number of carbonyl (C=O) groups excluding carboxylic acids is 2. The van der Waals surface area contributed by atoms with Crippen molar-refractivity contribution in [3.8, 4) is 0 Å². The number of amides is 2. The lowest BCUT2D eigenvalue weighted by atomic mass is 10.1. The number of anilines is 1. The molecule has 1 aliphatic rings. The number of benzene rings is 4. The van der Waals surface area contributed by atoms with Crippen LogP contribution in [0.5, 0.6) is 0 Å². The molecule has 1 saturated carbocycles. The van der Waals surface area contributed by atoms with Crippen LogP contribution >= 0.6 is 0 Å². The minimum Gasteiger partial charge on any atom is -0.330 e. The normalized spacial score (nSPS) is 13.0. The van der Waals surface area contributed by atoms with E-state index in [0.29, 0.717) is 29.9 Å². The van der Waals surface area contributed by atoms with E-state index in [2.05, 4.69) is 10.0 Å². The van der Waals surface area contributed by atoms with E-state index in [1.807, 2.05) is 65.6 Å². The summed E-state index contributed by atoms with van der Waals surface area (Å²) in [5, 5.41) is 2.85. The van der Waals surface area contributed by atoms with Crippen LogP contribution in [-0.4, -0.2) is 31.2 Å². The van der Waals surface area contributed by atoms with Gasteiger partial charge in [-0.1, -0.05) is 72.8 Å². The van der Waals surface area contributed by atoms with Crippen molar-refractivity contribution in [2.24, 2.45) is 0 Å². The summed E-state index contributed by atoms with van der Waals surface area (Å²) in [6.07, 6.45) is 1.83. The van der Waals surface area contributed by atoms with Crippen LogP contribution in [0.15, 0.2) is 114 Å². The number of rotatable bonds is 11. The van der Waals surface area contributed by atoms with E-state index in [4.69, 9.17) is 0 Å². The Morgan fingerprint density at radius 3 is 1.77 bits per heavy atom. The second-order valence-corrected chi connectivity index (χ2v) is 11.7. The second kappa shape index (κ2) is 12.3. The molecule has 2 amide bonds. The van der Waals surface area contributed by atoms with Crippen LogP contribution in [0.2, 0.25) is 0 Å². The minimum atomic E-state index is -3.53. The zero-order valence-electron chi connectivity index (χ0n) is 22.0. The fourth-order valence-electron chi connectivity index (χ4n) is 4.35. The summed E-state index contributed by atoms with van der Waals surface area (Å²) in [7, 11) is -3.53. The Hall–Kier alpha value is -4.27. The van der Waals surface area contributed by atoms with Gasteiger partial charge in [0.15, 0.2) is 0 Å². The van der Waals surface area contributed by atoms with Crippen LogP contribution in [0.25, 0.3) is 0 Å². The molecule has 0 unspecified atom stereocenters. The predicted octanol–water partition coefficient (Wildman–Crippen LogP) is 5.15. The quantitative estimate of drug-likeness (QED) is 0.269. The third-order valence-electron chi connectivity index (χ3n) is 6.63. The van der Waals surface area contributed by atoms with E-state index >= 15 is 0 Å². The monoisotopic (exact) mass is 553 g/mol. The molecule has 0 atom stereocenters. The Balaban J connectivity index is 1.21. The van der Waals surface area contributed by atoms with Gasteiger partial charge in [0.1, 0.15) is 0 Å². The SMILES string of the molecule is O=C(Cc1ccc(S(=O)(=O)NC2CC2)cc1)Nc1ccc(C(=O)N(Cc2ccccc2)Cc2ccccc2)cc1. The predicted molar refractivity (Wildman–Crippen MR) is 155 cm³/mol. The summed E-state index contributed by atoms with van der Waals surface area (Å²) in [6, 6.07) is 33.0. The second-order valence-electron chi connectivity index (χ2n) is 9.97. The standard InChI is InChI=1S/C32H31N3O4S/c36-31(21-24-11-19-30(20-12-24)40(38,39)34-29-17-18-29)33-28-15-13-27(14-16-28)32(37)35(22-25-7-3-1-4-8-25)23-26-9-5-2-6-10-26/h1-16,19-20,29,34H,17-18,21-23H2,(H,33,36). The average Bonchev–Trinajstić information content (AvgIpc) is 3.77. The number of hydrogen-bond donors (Lipinski definition) is 2. The Morgan fingerprint density at radius 2 is 1.25 bits per heavy atom. The molecule has 0 aromatic heterocycles. The molecular weight excluding hydrogens is 522 g/mol. The van der Waals surface area contributed by atoms with Gasteiger partial charge in [0.2, 0.25) is 15.9 Å². The Kier molecular flexibility index (Phi) is 8.38. The van der Waals surface area contributed by atoms with Gasteiger partial charge < -0.3 is 10.2 Å². The van der Waals surface area contributed by atoms with Gasteiger partial charge >= 0.3 is 0 Å². The molecule has 204 valence electrons. The topological polar surface area (TPSA) is 95.6 Å². The number of nitrogens with zero attached hydrogens (tertiary/aromatic N) is 1. The fourth-order valence-corrected chi connectivity index (χ4v) is 5.66. The van der Waals surface area contributed by atoms with Gasteiger partial charge in [-0.2, -0.15) is 0 Å². The molecule has 0 radical (unpaired) electrons. The van der Waals surface area contributed by atoms with Crippen molar-refractivity contribution in [3.63, 3.8) is 0 Å². The smallest absolute Gasteiger partial charge is 0.254 e. The first-order valence-corrected chi connectivity index (χ1v) is 14.7. The van der Waals surface area contributed by atoms with Crippen LogP contribution in [-0.2, 0) is 34.3 Å². The van der Waals surface area contributed by atoms with Crippen LogP contribution in [0.3, 0.4) is 0 Å². The van der Waals surface area contributed by atoms with Crippen molar-refractivity contribution in [1.29, 1.82) is 0 Å². The van der Waals surface area contributed by atoms with E-state index < -0.39 is 10.0 Å². The van der Waals surface area contributed by atoms with Gasteiger partial charge in [-0.25, -0.2) is 13.1 Å². The molecule has 7 nitrogen and oxygen atoms in total. The van der Waals surface area contributed by atoms with Gasteiger partial charge in [-0.05, 0) is 65.9 Å². The molecule has 0 heterocycles. The van der Waals surface area contributed by atoms with E-state index in [-0.39, 0.29) is 29.2 Å². The van der Waals surface area contributed by atoms with Gasteiger partial charge in [0.25, 0.3) is 5.91 Å². The summed E-state index contributed by atoms with van der Waals surface area (Å²) in [4.78, 5) is 28.1. The minimum absolute atomic E-state index is 0.0351. The summed E-state index contributed by atoms with van der Waals surface area (Å²) in [6.45, 7) is 0.952. The first-order chi connectivity index (χ1) is 19.4.